The van der Waals surface area contributed by atoms with E-state index in [2.05, 4.69) is 9.71 Å². The zero-order valence-electron chi connectivity index (χ0n) is 21.0. The van der Waals surface area contributed by atoms with Gasteiger partial charge >= 0.3 is 0 Å². The molecule has 0 bridgehead atoms. The summed E-state index contributed by atoms with van der Waals surface area (Å²) in [5.74, 6) is 0.822. The van der Waals surface area contributed by atoms with Crippen molar-refractivity contribution in [3.8, 4) is 22.8 Å². The Balaban J connectivity index is 1.61. The minimum Gasteiger partial charge on any atom is -0.497 e. The van der Waals surface area contributed by atoms with Crippen LogP contribution in [0.2, 0.25) is 0 Å². The van der Waals surface area contributed by atoms with Crippen molar-refractivity contribution >= 4 is 26.7 Å². The molecule has 0 unspecified atom stereocenters. The van der Waals surface area contributed by atoms with Gasteiger partial charge in [-0.1, -0.05) is 42.5 Å². The molecule has 0 aliphatic rings. The number of methoxy groups -OCH3 is 2. The molecular weight excluding hydrogens is 490 g/mol. The number of benzene rings is 3. The molecule has 0 spiro atoms. The standard InChI is InChI=1S/C28H29N3O5S/c1-4-31(28(32)21-9-7-10-23(18-21)35-2)17-16-30-37(33,34)27-24-11-6-5-8-20(24)12-14-25(27)22-13-15-26(36-3)29-19-22/h5-15,18-19,30H,4,16-17H2,1-3H3. The van der Waals surface area contributed by atoms with Crippen LogP contribution in [0.3, 0.4) is 0 Å². The first-order chi connectivity index (χ1) is 17.9. The maximum Gasteiger partial charge on any atom is 0.254 e. The summed E-state index contributed by atoms with van der Waals surface area (Å²) in [7, 11) is -0.888. The number of rotatable bonds is 10. The lowest BCUT2D eigenvalue weighted by molar-refractivity contribution is 0.0767. The predicted octanol–water partition coefficient (Wildman–Crippen LogP) is 4.36. The lowest BCUT2D eigenvalue weighted by Gasteiger charge is -2.22. The van der Waals surface area contributed by atoms with Crippen LogP contribution in [-0.2, 0) is 10.0 Å². The lowest BCUT2D eigenvalue weighted by atomic mass is 10.0. The molecule has 8 nitrogen and oxygen atoms in total. The number of amides is 1. The molecular formula is C28H29N3O5S. The fraction of sp³-hybridized carbons (Fsp3) is 0.214. The van der Waals surface area contributed by atoms with E-state index in [-0.39, 0.29) is 23.9 Å². The Morgan fingerprint density at radius 3 is 2.49 bits per heavy atom. The van der Waals surface area contributed by atoms with E-state index >= 15 is 0 Å². The highest BCUT2D eigenvalue weighted by molar-refractivity contribution is 7.89. The summed E-state index contributed by atoms with van der Waals surface area (Å²) in [6.45, 7) is 2.53. The van der Waals surface area contributed by atoms with Crippen LogP contribution in [-0.4, -0.2) is 58.1 Å². The van der Waals surface area contributed by atoms with Crippen LogP contribution in [0.5, 0.6) is 11.6 Å². The number of hydrogen-bond donors (Lipinski definition) is 1. The Labute approximate surface area is 216 Å². The second kappa shape index (κ2) is 11.4. The number of carbonyl (C=O) groups is 1. The Bertz CT molecular complexity index is 1500. The number of pyridine rings is 1. The number of aromatic nitrogens is 1. The first-order valence-corrected chi connectivity index (χ1v) is 13.3. The van der Waals surface area contributed by atoms with E-state index in [9.17, 15) is 13.2 Å². The molecule has 1 amide bonds. The van der Waals surface area contributed by atoms with Crippen molar-refractivity contribution in [3.63, 3.8) is 0 Å². The van der Waals surface area contributed by atoms with Gasteiger partial charge in [-0.15, -0.1) is 0 Å². The highest BCUT2D eigenvalue weighted by Crippen LogP contribution is 2.34. The first-order valence-electron chi connectivity index (χ1n) is 11.8. The smallest absolute Gasteiger partial charge is 0.254 e. The highest BCUT2D eigenvalue weighted by atomic mass is 32.2. The van der Waals surface area contributed by atoms with Gasteiger partial charge in [-0.25, -0.2) is 18.1 Å². The van der Waals surface area contributed by atoms with Gasteiger partial charge in [-0.2, -0.15) is 0 Å². The number of nitrogens with zero attached hydrogens (tertiary/aromatic N) is 2. The van der Waals surface area contributed by atoms with Gasteiger partial charge in [0.05, 0.1) is 19.1 Å². The summed E-state index contributed by atoms with van der Waals surface area (Å²) in [5, 5.41) is 1.40. The lowest BCUT2D eigenvalue weighted by Crippen LogP contribution is -2.38. The SMILES string of the molecule is CCN(CCNS(=O)(=O)c1c(-c2ccc(OC)nc2)ccc2ccccc12)C(=O)c1cccc(OC)c1. The topological polar surface area (TPSA) is 97.8 Å². The first kappa shape index (κ1) is 26.1. The highest BCUT2D eigenvalue weighted by Gasteiger charge is 2.24. The van der Waals surface area contributed by atoms with Gasteiger partial charge in [-0.3, -0.25) is 4.79 Å². The van der Waals surface area contributed by atoms with Gasteiger partial charge in [0.2, 0.25) is 15.9 Å². The summed E-state index contributed by atoms with van der Waals surface area (Å²) >= 11 is 0. The maximum atomic E-state index is 13.7. The number of hydrogen-bond acceptors (Lipinski definition) is 6. The molecule has 0 aliphatic heterocycles. The van der Waals surface area contributed by atoms with Crippen LogP contribution >= 0.6 is 0 Å². The Morgan fingerprint density at radius 2 is 1.78 bits per heavy atom. The fourth-order valence-corrected chi connectivity index (χ4v) is 5.60. The third kappa shape index (κ3) is 5.73. The van der Waals surface area contributed by atoms with Gasteiger partial charge < -0.3 is 14.4 Å². The van der Waals surface area contributed by atoms with E-state index in [0.717, 1.165) is 5.39 Å². The van der Waals surface area contributed by atoms with Crippen molar-refractivity contribution < 1.29 is 22.7 Å². The van der Waals surface area contributed by atoms with Crippen molar-refractivity contribution in [3.05, 3.63) is 84.6 Å². The van der Waals surface area contributed by atoms with Crippen LogP contribution in [0.1, 0.15) is 17.3 Å². The largest absolute Gasteiger partial charge is 0.497 e. The normalized spacial score (nSPS) is 11.3. The molecule has 9 heteroatoms. The molecule has 0 fully saturated rings. The van der Waals surface area contributed by atoms with Crippen molar-refractivity contribution in [2.45, 2.75) is 11.8 Å². The van der Waals surface area contributed by atoms with Crippen LogP contribution in [0.15, 0.2) is 83.9 Å². The maximum absolute atomic E-state index is 13.7. The summed E-state index contributed by atoms with van der Waals surface area (Å²) in [6, 6.07) is 21.4. The van der Waals surface area contributed by atoms with Gasteiger partial charge in [0.1, 0.15) is 5.75 Å². The Morgan fingerprint density at radius 1 is 0.973 bits per heavy atom. The summed E-state index contributed by atoms with van der Waals surface area (Å²) in [5.41, 5.74) is 1.66. The van der Waals surface area contributed by atoms with Crippen molar-refractivity contribution in [1.29, 1.82) is 0 Å². The van der Waals surface area contributed by atoms with E-state index in [0.29, 0.717) is 40.3 Å². The number of fused-ring (bicyclic) bond motifs is 1. The van der Waals surface area contributed by atoms with Crippen LogP contribution in [0, 0.1) is 0 Å². The summed E-state index contributed by atoms with van der Waals surface area (Å²) in [4.78, 5) is 19.0. The van der Waals surface area contributed by atoms with E-state index in [1.165, 1.54) is 7.11 Å². The number of sulfonamides is 1. The van der Waals surface area contributed by atoms with Gasteiger partial charge in [0.25, 0.3) is 5.91 Å². The molecule has 1 heterocycles. The summed E-state index contributed by atoms with van der Waals surface area (Å²) < 4.78 is 40.4. The number of ether oxygens (including phenoxy) is 2. The predicted molar refractivity (Wildman–Crippen MR) is 143 cm³/mol. The average molecular weight is 520 g/mol. The third-order valence-corrected chi connectivity index (χ3v) is 7.63. The van der Waals surface area contributed by atoms with Gasteiger partial charge in [0, 0.05) is 54.0 Å². The van der Waals surface area contributed by atoms with Gasteiger partial charge in [0.15, 0.2) is 0 Å². The molecule has 4 aromatic rings. The van der Waals surface area contributed by atoms with E-state index in [4.69, 9.17) is 9.47 Å². The molecule has 192 valence electrons. The minimum atomic E-state index is -3.95. The number of nitrogens with one attached hydrogen (secondary N) is 1. The quantitative estimate of drug-likeness (QED) is 0.334. The molecule has 1 aromatic heterocycles. The molecule has 0 aliphatic carbocycles. The minimum absolute atomic E-state index is 0.0510. The zero-order chi connectivity index (χ0) is 26.4. The molecule has 0 saturated carbocycles. The average Bonchev–Trinajstić information content (AvgIpc) is 2.94. The monoisotopic (exact) mass is 519 g/mol. The Kier molecular flexibility index (Phi) is 8.05. The fourth-order valence-electron chi connectivity index (χ4n) is 4.15. The molecule has 0 saturated heterocycles. The summed E-state index contributed by atoms with van der Waals surface area (Å²) in [6.07, 6.45) is 1.59. The van der Waals surface area contributed by atoms with Crippen LogP contribution in [0.4, 0.5) is 0 Å². The molecule has 37 heavy (non-hydrogen) atoms. The van der Waals surface area contributed by atoms with E-state index < -0.39 is 10.0 Å². The molecule has 3 aromatic carbocycles. The van der Waals surface area contributed by atoms with Crippen LogP contribution < -0.4 is 14.2 Å². The van der Waals surface area contributed by atoms with E-state index in [1.54, 1.807) is 66.7 Å². The second-order valence-electron chi connectivity index (χ2n) is 8.27. The number of carbonyl (C=O) groups excluding carboxylic acids is 1. The number of likely N-dealkylation sites (N-methyl/N-ethyl adjacent to an activating group) is 1. The molecule has 0 radical (unpaired) electrons. The third-order valence-electron chi connectivity index (χ3n) is 6.06. The van der Waals surface area contributed by atoms with Gasteiger partial charge in [-0.05, 0) is 36.6 Å². The molecule has 0 atom stereocenters. The van der Waals surface area contributed by atoms with Crippen LogP contribution in [0.25, 0.3) is 21.9 Å². The molecule has 4 rings (SSSR count). The zero-order valence-corrected chi connectivity index (χ0v) is 21.8. The molecule has 1 N–H and O–H groups in total. The van der Waals surface area contributed by atoms with Crippen molar-refractivity contribution in [2.24, 2.45) is 0 Å². The Hall–Kier alpha value is -3.95. The van der Waals surface area contributed by atoms with Crippen molar-refractivity contribution in [2.75, 3.05) is 33.9 Å². The van der Waals surface area contributed by atoms with E-state index in [1.807, 2.05) is 31.2 Å². The second-order valence-corrected chi connectivity index (χ2v) is 9.97. The van der Waals surface area contributed by atoms with Crippen molar-refractivity contribution in [1.82, 2.24) is 14.6 Å².